The Morgan fingerprint density at radius 2 is 1.89 bits per heavy atom. The molecule has 1 saturated heterocycles. The number of ketones is 1. The van der Waals surface area contributed by atoms with Gasteiger partial charge in [0.1, 0.15) is 5.78 Å². The number of likely N-dealkylation sites (tertiary alicyclic amines) is 1. The first-order valence-corrected chi connectivity index (χ1v) is 10.5. The van der Waals surface area contributed by atoms with Crippen LogP contribution in [0.5, 0.6) is 0 Å². The number of benzene rings is 1. The lowest BCUT2D eigenvalue weighted by Gasteiger charge is -2.42. The molecular weight excluding hydrogens is 334 g/mol. The van der Waals surface area contributed by atoms with E-state index in [9.17, 15) is 9.59 Å². The molecule has 3 fully saturated rings. The summed E-state index contributed by atoms with van der Waals surface area (Å²) in [5.41, 5.74) is 2.42. The van der Waals surface area contributed by atoms with Gasteiger partial charge in [-0.3, -0.25) is 9.59 Å². The number of carbonyl (C=O) groups is 2. The minimum Gasteiger partial charge on any atom is -0.343 e. The van der Waals surface area contributed by atoms with Crippen molar-refractivity contribution < 1.29 is 9.59 Å². The van der Waals surface area contributed by atoms with Gasteiger partial charge in [-0.05, 0) is 48.1 Å². The molecule has 0 N–H and O–H groups in total. The van der Waals surface area contributed by atoms with Crippen LogP contribution in [0, 0.1) is 16.7 Å². The van der Waals surface area contributed by atoms with Crippen LogP contribution in [0.2, 0.25) is 0 Å². The second-order valence-corrected chi connectivity index (χ2v) is 9.80. The average molecular weight is 364 g/mol. The van der Waals surface area contributed by atoms with Gasteiger partial charge in [0.2, 0.25) is 5.91 Å². The Balaban J connectivity index is 1.31. The normalized spacial score (nSPS) is 32.3. The van der Waals surface area contributed by atoms with E-state index in [0.717, 1.165) is 38.8 Å². The van der Waals surface area contributed by atoms with Crippen LogP contribution in [0.15, 0.2) is 30.3 Å². The molecule has 27 heavy (non-hydrogen) atoms. The zero-order chi connectivity index (χ0) is 18.9. The molecule has 0 unspecified atom stereocenters. The fraction of sp³-hybridized carbons (Fsp3) is 0.583. The van der Waals surface area contributed by atoms with Crippen molar-refractivity contribution in [3.05, 3.63) is 41.5 Å². The number of rotatable bonds is 2. The smallest absolute Gasteiger partial charge is 0.223 e. The van der Waals surface area contributed by atoms with Crippen LogP contribution < -0.4 is 0 Å². The van der Waals surface area contributed by atoms with Gasteiger partial charge >= 0.3 is 0 Å². The molecule has 1 aromatic carbocycles. The number of hydrogen-bond acceptors (Lipinski definition) is 2. The third-order valence-corrected chi connectivity index (χ3v) is 8.68. The van der Waals surface area contributed by atoms with E-state index < -0.39 is 5.41 Å². The van der Waals surface area contributed by atoms with Crippen molar-refractivity contribution in [1.29, 1.82) is 0 Å². The summed E-state index contributed by atoms with van der Waals surface area (Å²) in [6.07, 6.45) is 9.69. The second kappa shape index (κ2) is 5.56. The van der Waals surface area contributed by atoms with Crippen LogP contribution in [0.3, 0.4) is 0 Å². The summed E-state index contributed by atoms with van der Waals surface area (Å²) < 4.78 is 0. The lowest BCUT2D eigenvalue weighted by atomic mass is 9.66. The summed E-state index contributed by atoms with van der Waals surface area (Å²) in [7, 11) is 0. The Kier molecular flexibility index (Phi) is 3.54. The molecule has 5 rings (SSSR count). The van der Waals surface area contributed by atoms with Crippen LogP contribution in [-0.4, -0.2) is 29.7 Å². The molecule has 142 valence electrons. The van der Waals surface area contributed by atoms with E-state index in [-0.39, 0.29) is 16.7 Å². The summed E-state index contributed by atoms with van der Waals surface area (Å²) >= 11 is 0. The number of Topliss-reactive ketones (excluding diaryl/α,β-unsaturated/α-hetero) is 1. The Morgan fingerprint density at radius 1 is 1.15 bits per heavy atom. The maximum Gasteiger partial charge on any atom is 0.223 e. The summed E-state index contributed by atoms with van der Waals surface area (Å²) in [6, 6.07) is 8.63. The molecule has 3 nitrogen and oxygen atoms in total. The Hall–Kier alpha value is -1.90. The van der Waals surface area contributed by atoms with E-state index in [4.69, 9.17) is 0 Å². The standard InChI is InChI=1S/C24H29NO2/c1-22(2)18-8-10-24(22,20(26)15-18)16-21(27)25-13-11-23(12-14-25)9-7-17-5-3-4-6-19(17)23/h3-7,9,18H,8,10-16H2,1-2H3/t18-,24+/m1/s1. The highest BCUT2D eigenvalue weighted by Crippen LogP contribution is 2.65. The number of fused-ring (bicyclic) bond motifs is 4. The predicted molar refractivity (Wildman–Crippen MR) is 106 cm³/mol. The SMILES string of the molecule is CC1(C)[C@@H]2CC[C@]1(CC(=O)N1CCC3(C=Cc4ccccc43)CC1)C(=O)C2. The maximum absolute atomic E-state index is 13.2. The number of allylic oxidation sites excluding steroid dienone is 1. The first-order chi connectivity index (χ1) is 12.9. The molecule has 2 bridgehead atoms. The minimum atomic E-state index is -0.399. The number of amides is 1. The van der Waals surface area contributed by atoms with Crippen molar-refractivity contribution in [3.63, 3.8) is 0 Å². The summed E-state index contributed by atoms with van der Waals surface area (Å²) in [4.78, 5) is 28.0. The quantitative estimate of drug-likeness (QED) is 0.783. The lowest BCUT2D eigenvalue weighted by molar-refractivity contribution is -0.142. The van der Waals surface area contributed by atoms with Crippen LogP contribution in [0.4, 0.5) is 0 Å². The second-order valence-electron chi connectivity index (χ2n) is 9.80. The Labute approximate surface area is 161 Å². The number of hydrogen-bond donors (Lipinski definition) is 0. The lowest BCUT2D eigenvalue weighted by Crippen LogP contribution is -2.47. The fourth-order valence-corrected chi connectivity index (χ4v) is 6.58. The molecule has 1 aliphatic heterocycles. The maximum atomic E-state index is 13.2. The predicted octanol–water partition coefficient (Wildman–Crippen LogP) is 4.36. The third kappa shape index (κ3) is 2.20. The van der Waals surface area contributed by atoms with E-state index in [1.54, 1.807) is 0 Å². The van der Waals surface area contributed by atoms with Crippen molar-refractivity contribution in [2.45, 2.75) is 57.8 Å². The molecule has 1 heterocycles. The third-order valence-electron chi connectivity index (χ3n) is 8.68. The van der Waals surface area contributed by atoms with Gasteiger partial charge in [-0.2, -0.15) is 0 Å². The van der Waals surface area contributed by atoms with Crippen molar-refractivity contribution in [2.24, 2.45) is 16.7 Å². The summed E-state index contributed by atoms with van der Waals surface area (Å²) in [5.74, 6) is 1.02. The highest BCUT2D eigenvalue weighted by molar-refractivity contribution is 5.94. The van der Waals surface area contributed by atoms with Gasteiger partial charge < -0.3 is 4.90 Å². The highest BCUT2D eigenvalue weighted by Gasteiger charge is 2.64. The van der Waals surface area contributed by atoms with Crippen molar-refractivity contribution in [1.82, 2.24) is 4.90 Å². The van der Waals surface area contributed by atoms with Gasteiger partial charge in [0.05, 0.1) is 0 Å². The van der Waals surface area contributed by atoms with E-state index in [0.29, 0.717) is 24.5 Å². The first kappa shape index (κ1) is 17.2. The van der Waals surface area contributed by atoms with E-state index in [2.05, 4.69) is 50.3 Å². The summed E-state index contributed by atoms with van der Waals surface area (Å²) in [6.45, 7) is 6.03. The summed E-state index contributed by atoms with van der Waals surface area (Å²) in [5, 5.41) is 0. The van der Waals surface area contributed by atoms with Crippen molar-refractivity contribution in [3.8, 4) is 0 Å². The average Bonchev–Trinajstić information content (AvgIpc) is 3.19. The zero-order valence-corrected chi connectivity index (χ0v) is 16.5. The van der Waals surface area contributed by atoms with E-state index in [1.165, 1.54) is 11.1 Å². The molecule has 2 saturated carbocycles. The molecule has 4 aliphatic rings. The van der Waals surface area contributed by atoms with Gasteiger partial charge in [-0.25, -0.2) is 0 Å². The van der Waals surface area contributed by atoms with Gasteiger partial charge in [-0.1, -0.05) is 50.3 Å². The largest absolute Gasteiger partial charge is 0.343 e. The van der Waals surface area contributed by atoms with Gasteiger partial charge in [0, 0.05) is 36.8 Å². The van der Waals surface area contributed by atoms with E-state index >= 15 is 0 Å². The topological polar surface area (TPSA) is 37.4 Å². The van der Waals surface area contributed by atoms with Crippen LogP contribution in [0.1, 0.15) is 63.5 Å². The Morgan fingerprint density at radius 3 is 2.56 bits per heavy atom. The number of piperidine rings is 1. The Bertz CT molecular complexity index is 844. The van der Waals surface area contributed by atoms with Crippen molar-refractivity contribution >= 4 is 17.8 Å². The van der Waals surface area contributed by atoms with E-state index in [1.807, 2.05) is 4.90 Å². The van der Waals surface area contributed by atoms with Gasteiger partial charge in [-0.15, -0.1) is 0 Å². The first-order valence-electron chi connectivity index (χ1n) is 10.5. The monoisotopic (exact) mass is 363 g/mol. The fourth-order valence-electron chi connectivity index (χ4n) is 6.58. The molecule has 0 radical (unpaired) electrons. The van der Waals surface area contributed by atoms with Crippen LogP contribution in [0.25, 0.3) is 6.08 Å². The molecule has 3 aliphatic carbocycles. The minimum absolute atomic E-state index is 0.0239. The number of carbonyl (C=O) groups excluding carboxylic acids is 2. The molecule has 1 aromatic rings. The van der Waals surface area contributed by atoms with Crippen LogP contribution in [-0.2, 0) is 15.0 Å². The zero-order valence-electron chi connectivity index (χ0n) is 16.5. The molecule has 1 amide bonds. The molecule has 3 heteroatoms. The van der Waals surface area contributed by atoms with Gasteiger partial charge in [0.15, 0.2) is 0 Å². The van der Waals surface area contributed by atoms with Crippen molar-refractivity contribution in [2.75, 3.05) is 13.1 Å². The molecular formula is C24H29NO2. The molecule has 2 atom stereocenters. The molecule has 1 spiro atoms. The molecule has 0 aromatic heterocycles. The number of nitrogens with zero attached hydrogens (tertiary/aromatic N) is 1. The van der Waals surface area contributed by atoms with Gasteiger partial charge in [0.25, 0.3) is 0 Å². The van der Waals surface area contributed by atoms with Crippen LogP contribution >= 0.6 is 0 Å². The highest BCUT2D eigenvalue weighted by atomic mass is 16.2.